The number of hydrogen-bond donors (Lipinski definition) is 0. The zero-order valence-electron chi connectivity index (χ0n) is 11.1. The molecular formula is C16H16O2S. The Morgan fingerprint density at radius 2 is 2.05 bits per heavy atom. The predicted octanol–water partition coefficient (Wildman–Crippen LogP) is 4.47. The summed E-state index contributed by atoms with van der Waals surface area (Å²) in [6.07, 6.45) is 4.16. The lowest BCUT2D eigenvalue weighted by Gasteiger charge is -2.21. The van der Waals surface area contributed by atoms with Crippen LogP contribution in [0.2, 0.25) is 0 Å². The first-order chi connectivity index (χ1) is 9.24. The molecule has 19 heavy (non-hydrogen) atoms. The van der Waals surface area contributed by atoms with Crippen molar-refractivity contribution in [2.45, 2.75) is 36.8 Å². The summed E-state index contributed by atoms with van der Waals surface area (Å²) in [5, 5.41) is 1.06. The van der Waals surface area contributed by atoms with Crippen molar-refractivity contribution in [3.63, 3.8) is 0 Å². The van der Waals surface area contributed by atoms with Crippen LogP contribution in [-0.2, 0) is 0 Å². The predicted molar refractivity (Wildman–Crippen MR) is 80.7 cm³/mol. The minimum atomic E-state index is 0.111. The fourth-order valence-electron chi connectivity index (χ4n) is 2.41. The van der Waals surface area contributed by atoms with Crippen LogP contribution in [0.25, 0.3) is 16.5 Å². The summed E-state index contributed by atoms with van der Waals surface area (Å²) in [6, 6.07) is 7.48. The number of thioether (sulfide) groups is 1. The SMILES string of the molecule is CCC1=CC(CC)Sc2c1oc1ccccc1c2=O. The molecule has 1 unspecified atom stereocenters. The molecule has 0 saturated heterocycles. The molecule has 1 atom stereocenters. The van der Waals surface area contributed by atoms with Crippen LogP contribution >= 0.6 is 11.8 Å². The lowest BCUT2D eigenvalue weighted by atomic mass is 10.1. The zero-order chi connectivity index (χ0) is 13.4. The van der Waals surface area contributed by atoms with Gasteiger partial charge in [0.2, 0.25) is 5.43 Å². The Kier molecular flexibility index (Phi) is 3.23. The van der Waals surface area contributed by atoms with E-state index in [2.05, 4.69) is 19.9 Å². The topological polar surface area (TPSA) is 30.2 Å². The van der Waals surface area contributed by atoms with Gasteiger partial charge in [0.1, 0.15) is 11.3 Å². The molecule has 0 fully saturated rings. The summed E-state index contributed by atoms with van der Waals surface area (Å²) in [4.78, 5) is 13.4. The molecule has 3 heteroatoms. The highest BCUT2D eigenvalue weighted by molar-refractivity contribution is 8.00. The van der Waals surface area contributed by atoms with Crippen LogP contribution in [0.4, 0.5) is 0 Å². The van der Waals surface area contributed by atoms with Crippen molar-refractivity contribution < 1.29 is 4.42 Å². The zero-order valence-corrected chi connectivity index (χ0v) is 11.9. The van der Waals surface area contributed by atoms with E-state index in [1.807, 2.05) is 24.3 Å². The van der Waals surface area contributed by atoms with Gasteiger partial charge in [-0.15, -0.1) is 11.8 Å². The Morgan fingerprint density at radius 1 is 1.26 bits per heavy atom. The maximum Gasteiger partial charge on any atom is 0.206 e. The number of rotatable bonds is 2. The number of hydrogen-bond acceptors (Lipinski definition) is 3. The first-order valence-electron chi connectivity index (χ1n) is 6.68. The molecule has 0 N–H and O–H groups in total. The van der Waals surface area contributed by atoms with Gasteiger partial charge in [-0.25, -0.2) is 0 Å². The van der Waals surface area contributed by atoms with E-state index in [0.29, 0.717) is 16.2 Å². The van der Waals surface area contributed by atoms with E-state index in [0.717, 1.165) is 29.1 Å². The normalized spacial score (nSPS) is 18.2. The second-order valence-corrected chi connectivity index (χ2v) is 5.95. The van der Waals surface area contributed by atoms with Gasteiger partial charge in [0.05, 0.1) is 10.3 Å². The van der Waals surface area contributed by atoms with E-state index in [1.165, 1.54) is 0 Å². The van der Waals surface area contributed by atoms with Crippen molar-refractivity contribution in [1.29, 1.82) is 0 Å². The van der Waals surface area contributed by atoms with Crippen molar-refractivity contribution in [3.05, 3.63) is 46.3 Å². The third-order valence-corrected chi connectivity index (χ3v) is 4.87. The van der Waals surface area contributed by atoms with Crippen molar-refractivity contribution in [3.8, 4) is 0 Å². The van der Waals surface area contributed by atoms with E-state index in [4.69, 9.17) is 4.42 Å². The van der Waals surface area contributed by atoms with E-state index >= 15 is 0 Å². The molecule has 98 valence electrons. The smallest absolute Gasteiger partial charge is 0.206 e. The second kappa shape index (κ2) is 4.89. The second-order valence-electron chi connectivity index (χ2n) is 4.70. The molecule has 1 aromatic carbocycles. The average Bonchev–Trinajstić information content (AvgIpc) is 2.47. The molecule has 2 nitrogen and oxygen atoms in total. The van der Waals surface area contributed by atoms with Crippen molar-refractivity contribution in [2.24, 2.45) is 0 Å². The standard InChI is InChI=1S/C16H16O2S/c1-3-10-9-11(4-2)19-16-14(17)12-7-5-6-8-13(12)18-15(10)16/h5-9,11H,3-4H2,1-2H3. The Hall–Kier alpha value is -1.48. The third-order valence-electron chi connectivity index (χ3n) is 3.49. The lowest BCUT2D eigenvalue weighted by molar-refractivity contribution is 0.565. The first-order valence-corrected chi connectivity index (χ1v) is 7.56. The molecule has 1 aromatic heterocycles. The molecule has 3 rings (SSSR count). The first kappa shape index (κ1) is 12.5. The van der Waals surface area contributed by atoms with Crippen molar-refractivity contribution in [2.75, 3.05) is 0 Å². The van der Waals surface area contributed by atoms with Gasteiger partial charge in [0.15, 0.2) is 0 Å². The van der Waals surface area contributed by atoms with Gasteiger partial charge >= 0.3 is 0 Å². The highest BCUT2D eigenvalue weighted by Gasteiger charge is 2.24. The third kappa shape index (κ3) is 2.02. The molecule has 1 aliphatic heterocycles. The summed E-state index contributed by atoms with van der Waals surface area (Å²) in [5.74, 6) is 0.779. The summed E-state index contributed by atoms with van der Waals surface area (Å²) < 4.78 is 5.97. The van der Waals surface area contributed by atoms with Gasteiger partial charge in [-0.3, -0.25) is 4.79 Å². The van der Waals surface area contributed by atoms with Crippen LogP contribution in [0.1, 0.15) is 32.4 Å². The molecule has 0 amide bonds. The van der Waals surface area contributed by atoms with Crippen LogP contribution < -0.4 is 5.43 Å². The minimum absolute atomic E-state index is 0.111. The molecule has 1 aliphatic rings. The maximum atomic E-state index is 12.6. The summed E-state index contributed by atoms with van der Waals surface area (Å²) in [7, 11) is 0. The summed E-state index contributed by atoms with van der Waals surface area (Å²) in [6.45, 7) is 4.25. The number of para-hydroxylation sites is 1. The average molecular weight is 272 g/mol. The molecule has 0 spiro atoms. The summed E-state index contributed by atoms with van der Waals surface area (Å²) >= 11 is 1.63. The molecule has 0 bridgehead atoms. The van der Waals surface area contributed by atoms with Crippen LogP contribution in [0.5, 0.6) is 0 Å². The number of benzene rings is 1. The molecule has 0 saturated carbocycles. The quantitative estimate of drug-likeness (QED) is 0.808. The Balaban J connectivity index is 2.32. The maximum absolute atomic E-state index is 12.6. The number of fused-ring (bicyclic) bond motifs is 2. The van der Waals surface area contributed by atoms with E-state index < -0.39 is 0 Å². The number of allylic oxidation sites excluding steroid dienone is 1. The molecular weight excluding hydrogens is 256 g/mol. The molecule has 0 aliphatic carbocycles. The lowest BCUT2D eigenvalue weighted by Crippen LogP contribution is -2.14. The Labute approximate surface area is 116 Å². The van der Waals surface area contributed by atoms with Crippen LogP contribution in [-0.4, -0.2) is 5.25 Å². The minimum Gasteiger partial charge on any atom is -0.455 e. The Bertz CT molecular complexity index is 712. The Morgan fingerprint density at radius 3 is 2.79 bits per heavy atom. The highest BCUT2D eigenvalue weighted by atomic mass is 32.2. The monoisotopic (exact) mass is 272 g/mol. The van der Waals surface area contributed by atoms with E-state index in [9.17, 15) is 4.79 Å². The van der Waals surface area contributed by atoms with Crippen LogP contribution in [0.15, 0.2) is 44.4 Å². The van der Waals surface area contributed by atoms with Gasteiger partial charge in [0, 0.05) is 5.25 Å². The molecule has 2 heterocycles. The van der Waals surface area contributed by atoms with Crippen LogP contribution in [0.3, 0.4) is 0 Å². The van der Waals surface area contributed by atoms with Crippen LogP contribution in [0, 0.1) is 0 Å². The summed E-state index contributed by atoms with van der Waals surface area (Å²) in [5.41, 5.74) is 1.95. The van der Waals surface area contributed by atoms with Gasteiger partial charge in [-0.2, -0.15) is 0 Å². The molecule has 2 aromatic rings. The largest absolute Gasteiger partial charge is 0.455 e. The highest BCUT2D eigenvalue weighted by Crippen LogP contribution is 2.39. The van der Waals surface area contributed by atoms with Gasteiger partial charge in [-0.1, -0.05) is 32.1 Å². The van der Waals surface area contributed by atoms with E-state index in [-0.39, 0.29) is 5.43 Å². The molecule has 0 radical (unpaired) electrons. The van der Waals surface area contributed by atoms with E-state index in [1.54, 1.807) is 11.8 Å². The van der Waals surface area contributed by atoms with Gasteiger partial charge in [0.25, 0.3) is 0 Å². The van der Waals surface area contributed by atoms with Crippen molar-refractivity contribution >= 4 is 28.3 Å². The van der Waals surface area contributed by atoms with Gasteiger partial charge in [-0.05, 0) is 30.5 Å². The van der Waals surface area contributed by atoms with Crippen molar-refractivity contribution in [1.82, 2.24) is 0 Å². The fraction of sp³-hybridized carbons (Fsp3) is 0.312. The van der Waals surface area contributed by atoms with Gasteiger partial charge < -0.3 is 4.42 Å². The fourth-order valence-corrected chi connectivity index (χ4v) is 3.61.